The Bertz CT molecular complexity index is 803. The molecule has 142 valence electrons. The summed E-state index contributed by atoms with van der Waals surface area (Å²) in [5, 5.41) is 14.1. The van der Waals surface area contributed by atoms with Crippen molar-refractivity contribution in [2.24, 2.45) is 0 Å². The molecule has 0 bridgehead atoms. The molecule has 2 aromatic carbocycles. The first-order valence-electron chi connectivity index (χ1n) is 9.41. The van der Waals surface area contributed by atoms with Crippen LogP contribution in [0.25, 0.3) is 0 Å². The predicted molar refractivity (Wildman–Crippen MR) is 107 cm³/mol. The van der Waals surface area contributed by atoms with Crippen LogP contribution in [0.2, 0.25) is 5.02 Å². The van der Waals surface area contributed by atoms with E-state index in [2.05, 4.69) is 16.3 Å². The topological polar surface area (TPSA) is 55.8 Å². The number of amides is 2. The lowest BCUT2D eigenvalue weighted by Gasteiger charge is -2.41. The zero-order chi connectivity index (χ0) is 18.8. The van der Waals surface area contributed by atoms with Crippen LogP contribution in [0.4, 0.5) is 10.5 Å². The summed E-state index contributed by atoms with van der Waals surface area (Å²) in [4.78, 5) is 16.7. The third-order valence-electron chi connectivity index (χ3n) is 5.54. The van der Waals surface area contributed by atoms with Crippen LogP contribution in [-0.2, 0) is 6.54 Å². The van der Waals surface area contributed by atoms with Crippen molar-refractivity contribution >= 4 is 23.3 Å². The van der Waals surface area contributed by atoms with Crippen molar-refractivity contribution < 1.29 is 9.90 Å². The third kappa shape index (κ3) is 4.10. The van der Waals surface area contributed by atoms with Gasteiger partial charge < -0.3 is 20.2 Å². The number of aliphatic hydroxyl groups is 1. The van der Waals surface area contributed by atoms with E-state index in [-0.39, 0.29) is 12.1 Å². The Morgan fingerprint density at radius 2 is 1.81 bits per heavy atom. The molecule has 1 atom stereocenters. The Kier molecular flexibility index (Phi) is 5.34. The van der Waals surface area contributed by atoms with Gasteiger partial charge >= 0.3 is 6.03 Å². The van der Waals surface area contributed by atoms with Crippen LogP contribution in [0, 0.1) is 0 Å². The van der Waals surface area contributed by atoms with Gasteiger partial charge in [0.25, 0.3) is 0 Å². The first-order chi connectivity index (χ1) is 13.1. The highest BCUT2D eigenvalue weighted by Gasteiger charge is 2.31. The van der Waals surface area contributed by atoms with Crippen LogP contribution in [0.1, 0.15) is 30.1 Å². The number of nitrogens with one attached hydrogen (secondary N) is 1. The van der Waals surface area contributed by atoms with Gasteiger partial charge in [-0.05, 0) is 42.2 Å². The second kappa shape index (κ2) is 7.89. The highest BCUT2D eigenvalue weighted by molar-refractivity contribution is 6.30. The third-order valence-corrected chi connectivity index (χ3v) is 5.80. The molecule has 1 fully saturated rings. The molecule has 0 radical (unpaired) electrons. The molecule has 2 amide bonds. The van der Waals surface area contributed by atoms with Crippen LogP contribution in [0.5, 0.6) is 0 Å². The number of anilines is 1. The van der Waals surface area contributed by atoms with Gasteiger partial charge in [-0.1, -0.05) is 41.9 Å². The molecule has 1 saturated heterocycles. The van der Waals surface area contributed by atoms with Crippen molar-refractivity contribution in [3.63, 3.8) is 0 Å². The number of para-hydroxylation sites is 1. The first kappa shape index (κ1) is 18.3. The second-order valence-electron chi connectivity index (χ2n) is 7.31. The Labute approximate surface area is 164 Å². The van der Waals surface area contributed by atoms with Gasteiger partial charge in [0.05, 0.1) is 6.10 Å². The molecular weight excluding hydrogens is 362 g/mol. The maximum Gasteiger partial charge on any atom is 0.322 e. The number of rotatable bonds is 4. The standard InChI is InChI=1S/C21H24ClN3O2/c22-17-7-5-15(6-8-17)20(26)14-24-11-9-18(10-12-24)25-13-16-3-1-2-4-19(16)23-21(25)27/h1-8,18,20,26H,9-14H2,(H,23,27)/t20-/m1/s1. The first-order valence-corrected chi connectivity index (χ1v) is 9.79. The van der Waals surface area contributed by atoms with Gasteiger partial charge in [-0.15, -0.1) is 0 Å². The van der Waals surface area contributed by atoms with Gasteiger partial charge in [0.2, 0.25) is 0 Å². The number of carbonyl (C=O) groups excluding carboxylic acids is 1. The summed E-state index contributed by atoms with van der Waals surface area (Å²) < 4.78 is 0. The fourth-order valence-corrected chi connectivity index (χ4v) is 4.09. The quantitative estimate of drug-likeness (QED) is 0.839. The number of benzene rings is 2. The number of nitrogens with zero attached hydrogens (tertiary/aromatic N) is 2. The van der Waals surface area contributed by atoms with E-state index in [1.54, 1.807) is 12.1 Å². The maximum atomic E-state index is 12.5. The number of piperidine rings is 1. The summed E-state index contributed by atoms with van der Waals surface area (Å²) in [7, 11) is 0. The average molecular weight is 386 g/mol. The lowest BCUT2D eigenvalue weighted by Crippen LogP contribution is -2.50. The van der Waals surface area contributed by atoms with E-state index in [4.69, 9.17) is 11.6 Å². The number of β-amino-alcohol motifs (C(OH)–C–C–N with tert-alkyl or cyclic N) is 1. The number of aliphatic hydroxyl groups excluding tert-OH is 1. The molecule has 2 aliphatic rings. The molecule has 2 aliphatic heterocycles. The lowest BCUT2D eigenvalue weighted by molar-refractivity contribution is 0.0747. The number of hydrogen-bond acceptors (Lipinski definition) is 3. The van der Waals surface area contributed by atoms with Crippen molar-refractivity contribution in [1.29, 1.82) is 0 Å². The SMILES string of the molecule is O=C1Nc2ccccc2CN1C1CCN(C[C@@H](O)c2ccc(Cl)cc2)CC1. The highest BCUT2D eigenvalue weighted by Crippen LogP contribution is 2.28. The number of carbonyl (C=O) groups is 1. The predicted octanol–water partition coefficient (Wildman–Crippen LogP) is 3.89. The van der Waals surface area contributed by atoms with Crippen molar-refractivity contribution in [1.82, 2.24) is 9.80 Å². The minimum Gasteiger partial charge on any atom is -0.387 e. The maximum absolute atomic E-state index is 12.5. The average Bonchev–Trinajstić information content (AvgIpc) is 2.68. The molecule has 2 aromatic rings. The van der Waals surface area contributed by atoms with Gasteiger partial charge in [0, 0.05) is 42.9 Å². The van der Waals surface area contributed by atoms with E-state index in [9.17, 15) is 9.90 Å². The molecule has 2 heterocycles. The molecular formula is C21H24ClN3O2. The van der Waals surface area contributed by atoms with E-state index >= 15 is 0 Å². The van der Waals surface area contributed by atoms with Crippen LogP contribution < -0.4 is 5.32 Å². The highest BCUT2D eigenvalue weighted by atomic mass is 35.5. The Morgan fingerprint density at radius 3 is 2.56 bits per heavy atom. The molecule has 27 heavy (non-hydrogen) atoms. The van der Waals surface area contributed by atoms with E-state index in [0.717, 1.165) is 42.7 Å². The van der Waals surface area contributed by atoms with Crippen LogP contribution in [0.3, 0.4) is 0 Å². The molecule has 0 saturated carbocycles. The van der Waals surface area contributed by atoms with Gasteiger partial charge in [-0.2, -0.15) is 0 Å². The zero-order valence-corrected chi connectivity index (χ0v) is 15.9. The number of fused-ring (bicyclic) bond motifs is 1. The summed E-state index contributed by atoms with van der Waals surface area (Å²) in [6, 6.07) is 15.6. The second-order valence-corrected chi connectivity index (χ2v) is 7.75. The van der Waals surface area contributed by atoms with E-state index in [1.165, 1.54) is 0 Å². The van der Waals surface area contributed by atoms with E-state index in [0.29, 0.717) is 18.1 Å². The molecule has 0 aromatic heterocycles. The molecule has 6 heteroatoms. The number of urea groups is 1. The number of likely N-dealkylation sites (tertiary alicyclic amines) is 1. The minimum atomic E-state index is -0.524. The largest absolute Gasteiger partial charge is 0.387 e. The fourth-order valence-electron chi connectivity index (χ4n) is 3.97. The van der Waals surface area contributed by atoms with Crippen molar-refractivity contribution in [2.45, 2.75) is 31.5 Å². The zero-order valence-electron chi connectivity index (χ0n) is 15.1. The number of hydrogen-bond donors (Lipinski definition) is 2. The van der Waals surface area contributed by atoms with E-state index < -0.39 is 6.10 Å². The normalized spacial score (nSPS) is 19.5. The summed E-state index contributed by atoms with van der Waals surface area (Å²) in [5.41, 5.74) is 2.97. The van der Waals surface area contributed by atoms with Crippen LogP contribution in [-0.4, -0.2) is 46.6 Å². The molecule has 0 unspecified atom stereocenters. The van der Waals surface area contributed by atoms with Crippen LogP contribution in [0.15, 0.2) is 48.5 Å². The summed E-state index contributed by atoms with van der Waals surface area (Å²) in [5.74, 6) is 0. The van der Waals surface area contributed by atoms with Gasteiger partial charge in [0.1, 0.15) is 0 Å². The van der Waals surface area contributed by atoms with Gasteiger partial charge in [-0.25, -0.2) is 4.79 Å². The Hall–Kier alpha value is -2.08. The number of halogens is 1. The molecule has 4 rings (SSSR count). The molecule has 0 aliphatic carbocycles. The summed E-state index contributed by atoms with van der Waals surface area (Å²) >= 11 is 5.91. The van der Waals surface area contributed by atoms with E-state index in [1.807, 2.05) is 35.2 Å². The van der Waals surface area contributed by atoms with Crippen molar-refractivity contribution in [3.05, 3.63) is 64.7 Å². The monoisotopic (exact) mass is 385 g/mol. The Balaban J connectivity index is 1.32. The van der Waals surface area contributed by atoms with Gasteiger partial charge in [-0.3, -0.25) is 0 Å². The molecule has 2 N–H and O–H groups in total. The minimum absolute atomic E-state index is 0.00616. The smallest absolute Gasteiger partial charge is 0.322 e. The molecule has 5 nitrogen and oxygen atoms in total. The van der Waals surface area contributed by atoms with Gasteiger partial charge in [0.15, 0.2) is 0 Å². The summed E-state index contributed by atoms with van der Waals surface area (Å²) in [6.07, 6.45) is 1.32. The lowest BCUT2D eigenvalue weighted by atomic mass is 10.00. The van der Waals surface area contributed by atoms with Crippen molar-refractivity contribution in [2.75, 3.05) is 25.0 Å². The van der Waals surface area contributed by atoms with Crippen LogP contribution >= 0.6 is 11.6 Å². The fraction of sp³-hybridized carbons (Fsp3) is 0.381. The molecule has 0 spiro atoms. The van der Waals surface area contributed by atoms with Crippen molar-refractivity contribution in [3.8, 4) is 0 Å². The Morgan fingerprint density at radius 1 is 1.11 bits per heavy atom. The summed E-state index contributed by atoms with van der Waals surface area (Å²) in [6.45, 7) is 3.02.